The molecule has 5 heteroatoms. The quantitative estimate of drug-likeness (QED) is 0.494. The minimum Gasteiger partial charge on any atom is -0.493 e. The molecule has 5 nitrogen and oxygen atoms in total. The van der Waals surface area contributed by atoms with Gasteiger partial charge in [-0.25, -0.2) is 0 Å². The van der Waals surface area contributed by atoms with E-state index in [0.29, 0.717) is 17.9 Å². The highest BCUT2D eigenvalue weighted by atomic mass is 16.5. The maximum atomic E-state index is 13.5. The Morgan fingerprint density at radius 1 is 1.05 bits per heavy atom. The van der Waals surface area contributed by atoms with Gasteiger partial charge in [0.15, 0.2) is 0 Å². The summed E-state index contributed by atoms with van der Waals surface area (Å²) in [7, 11) is 0. The molecule has 37 heavy (non-hydrogen) atoms. The first-order valence-electron chi connectivity index (χ1n) is 14.7. The number of rotatable bonds is 5. The molecule has 200 valence electrons. The molecule has 4 aliphatic rings. The molecule has 2 aromatic rings. The lowest BCUT2D eigenvalue weighted by Crippen LogP contribution is -2.35. The van der Waals surface area contributed by atoms with E-state index in [2.05, 4.69) is 55.8 Å². The van der Waals surface area contributed by atoms with Crippen molar-refractivity contribution in [1.29, 1.82) is 0 Å². The van der Waals surface area contributed by atoms with Crippen LogP contribution in [0.5, 0.6) is 5.75 Å². The van der Waals surface area contributed by atoms with E-state index in [0.717, 1.165) is 49.6 Å². The van der Waals surface area contributed by atoms with Crippen molar-refractivity contribution in [2.45, 2.75) is 109 Å². The number of ether oxygens (including phenoxy) is 2. The summed E-state index contributed by atoms with van der Waals surface area (Å²) in [6.07, 6.45) is 11.1. The summed E-state index contributed by atoms with van der Waals surface area (Å²) in [5.74, 6) is 1.84. The van der Waals surface area contributed by atoms with Crippen molar-refractivity contribution in [3.63, 3.8) is 0 Å². The molecule has 2 saturated carbocycles. The summed E-state index contributed by atoms with van der Waals surface area (Å²) >= 11 is 0. The molecule has 1 aromatic heterocycles. The fourth-order valence-corrected chi connectivity index (χ4v) is 6.93. The van der Waals surface area contributed by atoms with Crippen molar-refractivity contribution < 1.29 is 14.3 Å². The standard InChI is InChI=1S/C32H44N2O3/c1-21-25(30(35)33-24-10-14-36-20-24)18-28(34(21)19-22-8-6-5-7-9-22)23-16-26(31(2,3)4)29-27(17-23)32(11-12-32)13-15-37-29/h16-18,22,24H,5-15,19-20H2,1-4H3,(H,33,35). The van der Waals surface area contributed by atoms with Gasteiger partial charge in [0.25, 0.3) is 5.91 Å². The topological polar surface area (TPSA) is 52.5 Å². The summed E-state index contributed by atoms with van der Waals surface area (Å²) in [6.45, 7) is 12.2. The molecular formula is C32H44N2O3. The highest BCUT2D eigenvalue weighted by molar-refractivity contribution is 5.97. The molecule has 1 aromatic carbocycles. The lowest BCUT2D eigenvalue weighted by atomic mass is 9.79. The van der Waals surface area contributed by atoms with E-state index in [1.165, 1.54) is 67.3 Å². The molecule has 1 N–H and O–H groups in total. The maximum Gasteiger partial charge on any atom is 0.253 e. The molecular weight excluding hydrogens is 460 g/mol. The average Bonchev–Trinajstić information content (AvgIpc) is 3.30. The van der Waals surface area contributed by atoms with Gasteiger partial charge in [-0.2, -0.15) is 0 Å². The van der Waals surface area contributed by atoms with Gasteiger partial charge in [-0.1, -0.05) is 40.0 Å². The van der Waals surface area contributed by atoms with Gasteiger partial charge in [-0.05, 0) is 80.5 Å². The molecule has 3 fully saturated rings. The van der Waals surface area contributed by atoms with E-state index in [1.54, 1.807) is 0 Å². The van der Waals surface area contributed by atoms with E-state index in [4.69, 9.17) is 9.47 Å². The minimum absolute atomic E-state index is 0.0218. The predicted octanol–water partition coefficient (Wildman–Crippen LogP) is 6.67. The van der Waals surface area contributed by atoms with E-state index in [-0.39, 0.29) is 17.4 Å². The van der Waals surface area contributed by atoms with Gasteiger partial charge in [0.2, 0.25) is 0 Å². The van der Waals surface area contributed by atoms with Crippen LogP contribution in [-0.4, -0.2) is 36.3 Å². The third kappa shape index (κ3) is 4.73. The van der Waals surface area contributed by atoms with Crippen molar-refractivity contribution in [3.05, 3.63) is 40.6 Å². The second-order valence-electron chi connectivity index (χ2n) is 13.2. The average molecular weight is 505 g/mol. The fraction of sp³-hybridized carbons (Fsp3) is 0.656. The van der Waals surface area contributed by atoms with E-state index >= 15 is 0 Å². The summed E-state index contributed by atoms with van der Waals surface area (Å²) in [4.78, 5) is 13.5. The Morgan fingerprint density at radius 2 is 1.84 bits per heavy atom. The lowest BCUT2D eigenvalue weighted by molar-refractivity contribution is 0.0929. The molecule has 2 aliphatic carbocycles. The number of carbonyl (C=O) groups is 1. The second kappa shape index (κ2) is 9.48. The van der Waals surface area contributed by atoms with Crippen molar-refractivity contribution in [2.75, 3.05) is 19.8 Å². The van der Waals surface area contributed by atoms with Crippen LogP contribution in [-0.2, 0) is 22.1 Å². The van der Waals surface area contributed by atoms with Crippen LogP contribution in [0.2, 0.25) is 0 Å². The van der Waals surface area contributed by atoms with Crippen LogP contribution in [0.15, 0.2) is 18.2 Å². The largest absolute Gasteiger partial charge is 0.493 e. The second-order valence-corrected chi connectivity index (χ2v) is 13.2. The zero-order valence-corrected chi connectivity index (χ0v) is 23.3. The summed E-state index contributed by atoms with van der Waals surface area (Å²) in [5.41, 5.74) is 7.29. The molecule has 1 saturated heterocycles. The Bertz CT molecular complexity index is 1150. The van der Waals surface area contributed by atoms with Crippen molar-refractivity contribution in [2.24, 2.45) is 5.92 Å². The van der Waals surface area contributed by atoms with Crippen LogP contribution in [0, 0.1) is 12.8 Å². The van der Waals surface area contributed by atoms with Crippen LogP contribution in [0.1, 0.15) is 106 Å². The van der Waals surface area contributed by atoms with Gasteiger partial charge in [-0.15, -0.1) is 0 Å². The van der Waals surface area contributed by atoms with Crippen molar-refractivity contribution in [1.82, 2.24) is 9.88 Å². The molecule has 0 radical (unpaired) electrons. The number of nitrogens with zero attached hydrogens (tertiary/aromatic N) is 1. The minimum atomic E-state index is -0.0218. The van der Waals surface area contributed by atoms with Crippen LogP contribution in [0.25, 0.3) is 11.3 Å². The number of benzene rings is 1. The smallest absolute Gasteiger partial charge is 0.253 e. The summed E-state index contributed by atoms with van der Waals surface area (Å²) in [5, 5.41) is 3.24. The summed E-state index contributed by atoms with van der Waals surface area (Å²) in [6, 6.07) is 7.05. The van der Waals surface area contributed by atoms with Gasteiger partial charge in [0, 0.05) is 41.1 Å². The highest BCUT2D eigenvalue weighted by Crippen LogP contribution is 2.58. The molecule has 3 heterocycles. The molecule has 1 spiro atoms. The number of fused-ring (bicyclic) bond motifs is 2. The first kappa shape index (κ1) is 25.0. The number of amides is 1. The van der Waals surface area contributed by atoms with E-state index in [9.17, 15) is 4.79 Å². The Labute approximate surface area is 222 Å². The first-order valence-corrected chi connectivity index (χ1v) is 14.7. The van der Waals surface area contributed by atoms with Gasteiger partial charge in [0.1, 0.15) is 5.75 Å². The number of carbonyl (C=O) groups excluding carboxylic acids is 1. The van der Waals surface area contributed by atoms with Crippen LogP contribution in [0.3, 0.4) is 0 Å². The number of nitrogens with one attached hydrogen (secondary N) is 1. The molecule has 1 unspecified atom stereocenters. The van der Waals surface area contributed by atoms with E-state index in [1.807, 2.05) is 0 Å². The Morgan fingerprint density at radius 3 is 2.51 bits per heavy atom. The first-order chi connectivity index (χ1) is 17.7. The third-order valence-corrected chi connectivity index (χ3v) is 9.49. The van der Waals surface area contributed by atoms with Gasteiger partial charge < -0.3 is 19.4 Å². The van der Waals surface area contributed by atoms with Crippen molar-refractivity contribution in [3.8, 4) is 17.0 Å². The predicted molar refractivity (Wildman–Crippen MR) is 148 cm³/mol. The monoisotopic (exact) mass is 504 g/mol. The van der Waals surface area contributed by atoms with Crippen molar-refractivity contribution >= 4 is 5.91 Å². The molecule has 1 amide bonds. The van der Waals surface area contributed by atoms with Gasteiger partial charge in [0.05, 0.1) is 24.8 Å². The normalized spacial score (nSPS) is 23.1. The zero-order chi connectivity index (χ0) is 25.8. The number of aromatic nitrogens is 1. The molecule has 2 aliphatic heterocycles. The van der Waals surface area contributed by atoms with Gasteiger partial charge in [-0.3, -0.25) is 4.79 Å². The number of hydrogen-bond donors (Lipinski definition) is 1. The molecule has 6 rings (SSSR count). The van der Waals surface area contributed by atoms with Gasteiger partial charge >= 0.3 is 0 Å². The SMILES string of the molecule is Cc1c(C(=O)NC2CCOC2)cc(-c2cc(C(C)(C)C)c3c(c2)C2(CCO3)CC2)n1CC1CCCCC1. The van der Waals surface area contributed by atoms with Crippen LogP contribution in [0.4, 0.5) is 0 Å². The Hall–Kier alpha value is -2.27. The maximum absolute atomic E-state index is 13.5. The van der Waals surface area contributed by atoms with Crippen LogP contribution < -0.4 is 10.1 Å². The third-order valence-electron chi connectivity index (χ3n) is 9.49. The number of hydrogen-bond acceptors (Lipinski definition) is 3. The zero-order valence-electron chi connectivity index (χ0n) is 23.3. The molecule has 1 atom stereocenters. The summed E-state index contributed by atoms with van der Waals surface area (Å²) < 4.78 is 14.3. The van der Waals surface area contributed by atoms with Crippen LogP contribution >= 0.6 is 0 Å². The highest BCUT2D eigenvalue weighted by Gasteiger charge is 2.49. The fourth-order valence-electron chi connectivity index (χ4n) is 6.93. The Kier molecular flexibility index (Phi) is 6.42. The molecule has 0 bridgehead atoms. The van der Waals surface area contributed by atoms with E-state index < -0.39 is 0 Å². The lowest BCUT2D eigenvalue weighted by Gasteiger charge is -2.33. The Balaban J connectivity index is 1.46.